The molecule has 1 aliphatic rings. The predicted octanol–water partition coefficient (Wildman–Crippen LogP) is 0.640. The molecule has 1 fully saturated rings. The molecule has 1 aromatic heterocycles. The zero-order chi connectivity index (χ0) is 13.9. The first-order chi connectivity index (χ1) is 8.99. The first kappa shape index (κ1) is 14.5. The molecule has 1 aliphatic carbocycles. The molecular formula is C12H21N3O3S. The van der Waals surface area contributed by atoms with Crippen LogP contribution in [-0.2, 0) is 17.1 Å². The zero-order valence-corrected chi connectivity index (χ0v) is 11.9. The summed E-state index contributed by atoms with van der Waals surface area (Å²) >= 11 is 0. The second kappa shape index (κ2) is 6.02. The number of aryl methyl sites for hydroxylation is 1. The van der Waals surface area contributed by atoms with Gasteiger partial charge in [-0.15, -0.1) is 0 Å². The molecule has 1 heterocycles. The van der Waals surface area contributed by atoms with Crippen LogP contribution in [-0.4, -0.2) is 35.7 Å². The Balaban J connectivity index is 1.90. The average Bonchev–Trinajstić information content (AvgIpc) is 2.85. The number of nitrogens with one attached hydrogen (secondary N) is 1. The Hall–Kier alpha value is -0.920. The fourth-order valence-electron chi connectivity index (χ4n) is 2.48. The van der Waals surface area contributed by atoms with Crippen LogP contribution in [0.2, 0.25) is 0 Å². The van der Waals surface area contributed by atoms with E-state index in [-0.39, 0.29) is 17.5 Å². The van der Waals surface area contributed by atoms with Crippen molar-refractivity contribution >= 4 is 10.0 Å². The van der Waals surface area contributed by atoms with Gasteiger partial charge in [-0.25, -0.2) is 18.1 Å². The van der Waals surface area contributed by atoms with E-state index < -0.39 is 16.1 Å². The highest BCUT2D eigenvalue weighted by Gasteiger charge is 2.24. The van der Waals surface area contributed by atoms with Crippen LogP contribution in [0.25, 0.3) is 0 Å². The van der Waals surface area contributed by atoms with E-state index in [2.05, 4.69) is 9.71 Å². The number of aliphatic hydroxyl groups is 1. The summed E-state index contributed by atoms with van der Waals surface area (Å²) in [5.41, 5.74) is 0. The van der Waals surface area contributed by atoms with E-state index >= 15 is 0 Å². The molecular weight excluding hydrogens is 266 g/mol. The number of aromatic nitrogens is 2. The van der Waals surface area contributed by atoms with Crippen LogP contribution in [0.3, 0.4) is 0 Å². The minimum atomic E-state index is -3.62. The van der Waals surface area contributed by atoms with Crippen molar-refractivity contribution in [3.8, 4) is 0 Å². The predicted molar refractivity (Wildman–Crippen MR) is 71.0 cm³/mol. The molecule has 1 saturated carbocycles. The van der Waals surface area contributed by atoms with E-state index in [0.29, 0.717) is 0 Å². The van der Waals surface area contributed by atoms with Crippen molar-refractivity contribution < 1.29 is 13.5 Å². The van der Waals surface area contributed by atoms with Gasteiger partial charge in [-0.05, 0) is 18.8 Å². The third kappa shape index (κ3) is 3.77. The van der Waals surface area contributed by atoms with Gasteiger partial charge in [0, 0.05) is 19.8 Å². The highest BCUT2D eigenvalue weighted by Crippen LogP contribution is 2.26. The smallest absolute Gasteiger partial charge is 0.259 e. The maximum Gasteiger partial charge on any atom is 0.259 e. The van der Waals surface area contributed by atoms with Gasteiger partial charge in [0.05, 0.1) is 12.4 Å². The molecule has 0 unspecified atom stereocenters. The van der Waals surface area contributed by atoms with Gasteiger partial charge in [0.1, 0.15) is 0 Å². The molecule has 0 radical (unpaired) electrons. The quantitative estimate of drug-likeness (QED) is 0.832. The summed E-state index contributed by atoms with van der Waals surface area (Å²) in [5, 5.41) is 10.0. The molecule has 19 heavy (non-hydrogen) atoms. The first-order valence-electron chi connectivity index (χ1n) is 6.65. The van der Waals surface area contributed by atoms with Gasteiger partial charge in [0.25, 0.3) is 10.0 Å². The molecule has 0 amide bonds. The molecule has 1 aromatic rings. The fraction of sp³-hybridized carbons (Fsp3) is 0.750. The van der Waals surface area contributed by atoms with E-state index in [0.717, 1.165) is 25.7 Å². The number of hydrogen-bond donors (Lipinski definition) is 2. The van der Waals surface area contributed by atoms with E-state index in [9.17, 15) is 13.5 Å². The fourth-order valence-corrected chi connectivity index (χ4v) is 3.51. The SMILES string of the molecule is Cn1cnc(S(=O)(=O)NC[C@H](O)C2CCCCC2)c1. The molecule has 6 nitrogen and oxygen atoms in total. The summed E-state index contributed by atoms with van der Waals surface area (Å²) < 4.78 is 27.9. The lowest BCUT2D eigenvalue weighted by molar-refractivity contribution is 0.0888. The standard InChI is InChI=1S/C12H21N3O3S/c1-15-8-12(13-9-15)19(17,18)14-7-11(16)10-5-3-2-4-6-10/h8-11,14,16H,2-7H2,1H3/t11-/m0/s1. The van der Waals surface area contributed by atoms with Gasteiger partial charge in [0.2, 0.25) is 0 Å². The lowest BCUT2D eigenvalue weighted by atomic mass is 9.85. The number of sulfonamides is 1. The molecule has 1 atom stereocenters. The molecule has 0 aromatic carbocycles. The Labute approximate surface area is 113 Å². The van der Waals surface area contributed by atoms with Crippen LogP contribution in [0.1, 0.15) is 32.1 Å². The number of imidazole rings is 1. The lowest BCUT2D eigenvalue weighted by Gasteiger charge is -2.26. The summed E-state index contributed by atoms with van der Waals surface area (Å²) in [5.74, 6) is 0.209. The Morgan fingerprint density at radius 1 is 1.47 bits per heavy atom. The van der Waals surface area contributed by atoms with Crippen molar-refractivity contribution in [3.05, 3.63) is 12.5 Å². The maximum atomic E-state index is 11.9. The van der Waals surface area contributed by atoms with E-state index in [1.165, 1.54) is 18.9 Å². The van der Waals surface area contributed by atoms with E-state index in [1.54, 1.807) is 11.6 Å². The third-order valence-electron chi connectivity index (χ3n) is 3.63. The molecule has 2 rings (SSSR count). The minimum Gasteiger partial charge on any atom is -0.391 e. The normalized spacial score (nSPS) is 19.5. The second-order valence-electron chi connectivity index (χ2n) is 5.19. The lowest BCUT2D eigenvalue weighted by Crippen LogP contribution is -2.37. The van der Waals surface area contributed by atoms with Crippen LogP contribution < -0.4 is 4.72 Å². The van der Waals surface area contributed by atoms with Gasteiger partial charge in [-0.1, -0.05) is 19.3 Å². The van der Waals surface area contributed by atoms with E-state index in [1.807, 2.05) is 0 Å². The molecule has 0 aliphatic heterocycles. The molecule has 2 N–H and O–H groups in total. The topological polar surface area (TPSA) is 84.2 Å². The number of nitrogens with zero attached hydrogens (tertiary/aromatic N) is 2. The largest absolute Gasteiger partial charge is 0.391 e. The van der Waals surface area contributed by atoms with Gasteiger partial charge in [-0.3, -0.25) is 0 Å². The van der Waals surface area contributed by atoms with Crippen LogP contribution in [0, 0.1) is 5.92 Å². The minimum absolute atomic E-state index is 0.00848. The second-order valence-corrected chi connectivity index (χ2v) is 6.91. The van der Waals surface area contributed by atoms with Crippen molar-refractivity contribution in [2.45, 2.75) is 43.2 Å². The molecule has 7 heteroatoms. The highest BCUT2D eigenvalue weighted by molar-refractivity contribution is 7.89. The van der Waals surface area contributed by atoms with Crippen molar-refractivity contribution in [3.63, 3.8) is 0 Å². The Morgan fingerprint density at radius 3 is 2.74 bits per heavy atom. The number of aliphatic hydroxyl groups excluding tert-OH is 1. The molecule has 108 valence electrons. The zero-order valence-electron chi connectivity index (χ0n) is 11.1. The van der Waals surface area contributed by atoms with Gasteiger partial charge < -0.3 is 9.67 Å². The van der Waals surface area contributed by atoms with E-state index in [4.69, 9.17) is 0 Å². The van der Waals surface area contributed by atoms with Crippen molar-refractivity contribution in [2.24, 2.45) is 13.0 Å². The van der Waals surface area contributed by atoms with Crippen LogP contribution >= 0.6 is 0 Å². The summed E-state index contributed by atoms with van der Waals surface area (Å²) in [7, 11) is -1.90. The first-order valence-corrected chi connectivity index (χ1v) is 8.13. The molecule has 0 saturated heterocycles. The number of hydrogen-bond acceptors (Lipinski definition) is 4. The molecule has 0 bridgehead atoms. The third-order valence-corrected chi connectivity index (χ3v) is 4.94. The van der Waals surface area contributed by atoms with Crippen LogP contribution in [0.4, 0.5) is 0 Å². The number of rotatable bonds is 5. The Bertz CT molecular complexity index is 506. The summed E-state index contributed by atoms with van der Waals surface area (Å²) in [6, 6.07) is 0. The van der Waals surface area contributed by atoms with Gasteiger partial charge >= 0.3 is 0 Å². The summed E-state index contributed by atoms with van der Waals surface area (Å²) in [6.45, 7) is 0.0591. The Kier molecular flexibility index (Phi) is 4.59. The van der Waals surface area contributed by atoms with Crippen molar-refractivity contribution in [2.75, 3.05) is 6.54 Å². The summed E-state index contributed by atoms with van der Waals surface area (Å²) in [6.07, 6.45) is 7.67. The average molecular weight is 287 g/mol. The van der Waals surface area contributed by atoms with Crippen LogP contribution in [0.5, 0.6) is 0 Å². The Morgan fingerprint density at radius 2 is 2.16 bits per heavy atom. The maximum absolute atomic E-state index is 11.9. The summed E-state index contributed by atoms with van der Waals surface area (Å²) in [4.78, 5) is 3.81. The molecule has 0 spiro atoms. The van der Waals surface area contributed by atoms with Crippen molar-refractivity contribution in [1.29, 1.82) is 0 Å². The highest BCUT2D eigenvalue weighted by atomic mass is 32.2. The van der Waals surface area contributed by atoms with Crippen molar-refractivity contribution in [1.82, 2.24) is 14.3 Å². The monoisotopic (exact) mass is 287 g/mol. The van der Waals surface area contributed by atoms with Crippen LogP contribution in [0.15, 0.2) is 17.6 Å². The van der Waals surface area contributed by atoms with Gasteiger partial charge in [-0.2, -0.15) is 0 Å². The van der Waals surface area contributed by atoms with Gasteiger partial charge in [0.15, 0.2) is 5.03 Å².